The van der Waals surface area contributed by atoms with E-state index in [4.69, 9.17) is 0 Å². The van der Waals surface area contributed by atoms with E-state index < -0.39 is 0 Å². The molecule has 0 aliphatic carbocycles. The average molecular weight is 185 g/mol. The second kappa shape index (κ2) is 3.85. The first-order valence-corrected chi connectivity index (χ1v) is 5.15. The van der Waals surface area contributed by atoms with Crippen LogP contribution in [0.4, 0.5) is 0 Å². The van der Waals surface area contributed by atoms with Gasteiger partial charge in [0.1, 0.15) is 0 Å². The van der Waals surface area contributed by atoms with Crippen molar-refractivity contribution in [2.45, 2.75) is 19.9 Å². The highest BCUT2D eigenvalue weighted by atomic mass is 32.2. The topological polar surface area (TPSA) is 22.2 Å². The first kappa shape index (κ1) is 9.45. The molecule has 0 aromatic carbocycles. The Kier molecular flexibility index (Phi) is 3.03. The smallest absolute Gasteiger partial charge is 0.215 e. The van der Waals surface area contributed by atoms with Crippen LogP contribution in [0.1, 0.15) is 13.8 Å². The summed E-state index contributed by atoms with van der Waals surface area (Å²) in [6.45, 7) is 4.16. The zero-order valence-corrected chi connectivity index (χ0v) is 8.80. The SMILES string of the molecule is CSn1ccn(C)/c1=N/C(C)C. The van der Waals surface area contributed by atoms with Crippen LogP contribution in [0.5, 0.6) is 0 Å². The maximum atomic E-state index is 4.49. The van der Waals surface area contributed by atoms with Crippen LogP contribution in [0.25, 0.3) is 0 Å². The van der Waals surface area contributed by atoms with Gasteiger partial charge in [-0.25, -0.2) is 4.99 Å². The molecule has 0 radical (unpaired) electrons. The highest BCUT2D eigenvalue weighted by Gasteiger charge is 1.96. The molecule has 1 aromatic heterocycles. The number of aryl methyl sites for hydroxylation is 1. The summed E-state index contributed by atoms with van der Waals surface area (Å²) >= 11 is 1.66. The van der Waals surface area contributed by atoms with Crippen molar-refractivity contribution in [2.24, 2.45) is 12.0 Å². The van der Waals surface area contributed by atoms with Crippen molar-refractivity contribution in [1.29, 1.82) is 0 Å². The van der Waals surface area contributed by atoms with Crippen LogP contribution in [0.2, 0.25) is 0 Å². The zero-order valence-electron chi connectivity index (χ0n) is 7.98. The van der Waals surface area contributed by atoms with Crippen molar-refractivity contribution >= 4 is 11.9 Å². The Bertz CT molecular complexity index is 308. The van der Waals surface area contributed by atoms with E-state index in [2.05, 4.69) is 22.8 Å². The minimum Gasteiger partial charge on any atom is -0.320 e. The van der Waals surface area contributed by atoms with Crippen LogP contribution in [-0.2, 0) is 7.05 Å². The molecule has 4 heteroatoms. The van der Waals surface area contributed by atoms with Crippen LogP contribution < -0.4 is 5.62 Å². The molecule has 0 atom stereocenters. The van der Waals surface area contributed by atoms with Gasteiger partial charge in [0.2, 0.25) is 5.62 Å². The minimum absolute atomic E-state index is 0.344. The maximum Gasteiger partial charge on any atom is 0.215 e. The molecule has 0 amide bonds. The molecule has 0 fully saturated rings. The second-order valence-corrected chi connectivity index (χ2v) is 3.70. The fourth-order valence-corrected chi connectivity index (χ4v) is 1.49. The minimum atomic E-state index is 0.344. The van der Waals surface area contributed by atoms with Crippen molar-refractivity contribution in [2.75, 3.05) is 6.26 Å². The third-order valence-corrected chi connectivity index (χ3v) is 2.19. The van der Waals surface area contributed by atoms with Gasteiger partial charge in [-0.3, -0.25) is 3.97 Å². The van der Waals surface area contributed by atoms with Gasteiger partial charge in [0, 0.05) is 31.7 Å². The average Bonchev–Trinajstić information content (AvgIpc) is 2.32. The first-order chi connectivity index (χ1) is 5.65. The number of hydrogen-bond acceptors (Lipinski definition) is 2. The summed E-state index contributed by atoms with van der Waals surface area (Å²) in [4.78, 5) is 4.49. The molecule has 1 aromatic rings. The van der Waals surface area contributed by atoms with Crippen molar-refractivity contribution in [3.63, 3.8) is 0 Å². The van der Waals surface area contributed by atoms with Crippen LogP contribution in [0, 0.1) is 0 Å². The van der Waals surface area contributed by atoms with E-state index in [0.717, 1.165) is 5.62 Å². The van der Waals surface area contributed by atoms with Gasteiger partial charge in [-0.05, 0) is 25.8 Å². The van der Waals surface area contributed by atoms with Crippen molar-refractivity contribution in [3.8, 4) is 0 Å². The lowest BCUT2D eigenvalue weighted by atomic mass is 10.4. The summed E-state index contributed by atoms with van der Waals surface area (Å²) in [6.07, 6.45) is 6.07. The van der Waals surface area contributed by atoms with E-state index in [0.29, 0.717) is 6.04 Å². The molecule has 0 aliphatic rings. The lowest BCUT2D eigenvalue weighted by Gasteiger charge is -1.99. The van der Waals surface area contributed by atoms with Gasteiger partial charge in [0.25, 0.3) is 0 Å². The zero-order chi connectivity index (χ0) is 9.14. The third kappa shape index (κ3) is 1.94. The van der Waals surface area contributed by atoms with E-state index in [1.54, 1.807) is 11.9 Å². The largest absolute Gasteiger partial charge is 0.320 e. The Labute approximate surface area is 77.3 Å². The van der Waals surface area contributed by atoms with Gasteiger partial charge >= 0.3 is 0 Å². The predicted octanol–water partition coefficient (Wildman–Crippen LogP) is 1.26. The molecule has 0 saturated heterocycles. The van der Waals surface area contributed by atoms with Crippen LogP contribution in [0.15, 0.2) is 17.4 Å². The van der Waals surface area contributed by atoms with Gasteiger partial charge in [0.05, 0.1) is 0 Å². The van der Waals surface area contributed by atoms with E-state index >= 15 is 0 Å². The van der Waals surface area contributed by atoms with Crippen molar-refractivity contribution in [1.82, 2.24) is 8.54 Å². The highest BCUT2D eigenvalue weighted by Crippen LogP contribution is 1.95. The van der Waals surface area contributed by atoms with E-state index in [9.17, 15) is 0 Å². The summed E-state index contributed by atoms with van der Waals surface area (Å²) in [5.41, 5.74) is 1.01. The molecule has 0 spiro atoms. The standard InChI is InChI=1S/C8H15N3S/c1-7(2)9-8-10(3)5-6-11(8)12-4/h5-7H,1-4H3/b9-8-. The second-order valence-electron chi connectivity index (χ2n) is 2.94. The molecule has 0 saturated carbocycles. The molecule has 0 N–H and O–H groups in total. The van der Waals surface area contributed by atoms with Gasteiger partial charge in [0.15, 0.2) is 0 Å². The predicted molar refractivity (Wildman–Crippen MR) is 53.0 cm³/mol. The fourth-order valence-electron chi connectivity index (χ4n) is 0.971. The Hall–Kier alpha value is -0.640. The summed E-state index contributed by atoms with van der Waals surface area (Å²) in [5.74, 6) is 0. The fraction of sp³-hybridized carbons (Fsp3) is 0.625. The van der Waals surface area contributed by atoms with Crippen LogP contribution in [-0.4, -0.2) is 20.8 Å². The van der Waals surface area contributed by atoms with Gasteiger partial charge < -0.3 is 4.57 Å². The monoisotopic (exact) mass is 185 g/mol. The Morgan fingerprint density at radius 2 is 2.08 bits per heavy atom. The molecular formula is C8H15N3S. The molecule has 0 aliphatic heterocycles. The highest BCUT2D eigenvalue weighted by molar-refractivity contribution is 7.97. The summed E-state index contributed by atoms with van der Waals surface area (Å²) in [5, 5.41) is 0. The van der Waals surface area contributed by atoms with Gasteiger partial charge in [-0.2, -0.15) is 0 Å². The molecular weight excluding hydrogens is 170 g/mol. The third-order valence-electron chi connectivity index (χ3n) is 1.51. The number of imidazole rings is 1. The van der Waals surface area contributed by atoms with Crippen molar-refractivity contribution < 1.29 is 0 Å². The molecule has 68 valence electrons. The van der Waals surface area contributed by atoms with Gasteiger partial charge in [-0.15, -0.1) is 0 Å². The summed E-state index contributed by atoms with van der Waals surface area (Å²) in [7, 11) is 2.01. The molecule has 1 rings (SSSR count). The van der Waals surface area contributed by atoms with E-state index in [-0.39, 0.29) is 0 Å². The Morgan fingerprint density at radius 3 is 2.58 bits per heavy atom. The maximum absolute atomic E-state index is 4.49. The molecule has 0 bridgehead atoms. The van der Waals surface area contributed by atoms with Crippen molar-refractivity contribution in [3.05, 3.63) is 18.0 Å². The quantitative estimate of drug-likeness (QED) is 0.680. The molecule has 3 nitrogen and oxygen atoms in total. The molecule has 0 unspecified atom stereocenters. The normalized spacial score (nSPS) is 12.9. The number of aromatic nitrogens is 2. The summed E-state index contributed by atoms with van der Waals surface area (Å²) in [6, 6.07) is 0.344. The Morgan fingerprint density at radius 1 is 1.42 bits per heavy atom. The first-order valence-electron chi connectivity index (χ1n) is 3.97. The van der Waals surface area contributed by atoms with Crippen LogP contribution in [0.3, 0.4) is 0 Å². The van der Waals surface area contributed by atoms with Gasteiger partial charge in [-0.1, -0.05) is 0 Å². The molecule has 12 heavy (non-hydrogen) atoms. The lowest BCUT2D eigenvalue weighted by molar-refractivity contribution is 0.720. The lowest BCUT2D eigenvalue weighted by Crippen LogP contribution is -2.22. The van der Waals surface area contributed by atoms with Crippen LogP contribution >= 0.6 is 11.9 Å². The number of rotatable bonds is 2. The summed E-state index contributed by atoms with van der Waals surface area (Å²) < 4.78 is 4.08. The molecule has 1 heterocycles. The Balaban J connectivity index is 3.19. The number of nitrogens with zero attached hydrogens (tertiary/aromatic N) is 3. The number of hydrogen-bond donors (Lipinski definition) is 0. The van der Waals surface area contributed by atoms with E-state index in [1.807, 2.05) is 30.3 Å². The van der Waals surface area contributed by atoms with E-state index in [1.165, 1.54) is 0 Å².